The van der Waals surface area contributed by atoms with E-state index in [-0.39, 0.29) is 0 Å². The van der Waals surface area contributed by atoms with Gasteiger partial charge in [0.25, 0.3) is 0 Å². The number of H-pyrrole nitrogens is 1. The normalized spacial score (nSPS) is 13.1. The lowest BCUT2D eigenvalue weighted by Crippen LogP contribution is -2.29. The molecular formula is C27H21Cl2N3O2. The minimum Gasteiger partial charge on any atom is -0.480 e. The van der Waals surface area contributed by atoms with Crippen LogP contribution in [-0.4, -0.2) is 27.2 Å². The van der Waals surface area contributed by atoms with Crippen LogP contribution in [0.2, 0.25) is 10.0 Å². The zero-order valence-corrected chi connectivity index (χ0v) is 20.0. The summed E-state index contributed by atoms with van der Waals surface area (Å²) in [4.78, 5) is 12.2. The Hall–Kier alpha value is -3.38. The molecule has 2 aromatic heterocycles. The molecule has 0 amide bonds. The molecule has 0 bridgehead atoms. The second-order valence-electron chi connectivity index (χ2n) is 8.01. The number of rotatable bonds is 5. The Morgan fingerprint density at radius 2 is 1.65 bits per heavy atom. The maximum absolute atomic E-state index is 12.2. The van der Waals surface area contributed by atoms with Crippen molar-refractivity contribution in [3.05, 3.63) is 112 Å². The molecule has 0 aliphatic carbocycles. The van der Waals surface area contributed by atoms with Gasteiger partial charge in [-0.1, -0.05) is 71.7 Å². The fourth-order valence-electron chi connectivity index (χ4n) is 4.20. The van der Waals surface area contributed by atoms with Gasteiger partial charge >= 0.3 is 0 Å². The molecule has 1 atom stereocenters. The predicted molar refractivity (Wildman–Crippen MR) is 136 cm³/mol. The number of aromatic amines is 1. The van der Waals surface area contributed by atoms with E-state index in [9.17, 15) is 5.11 Å². The molecule has 34 heavy (non-hydrogen) atoms. The van der Waals surface area contributed by atoms with E-state index in [2.05, 4.69) is 15.0 Å². The van der Waals surface area contributed by atoms with E-state index in [4.69, 9.17) is 27.9 Å². The molecule has 0 saturated carbocycles. The van der Waals surface area contributed by atoms with E-state index in [0.717, 1.165) is 5.56 Å². The fourth-order valence-corrected chi connectivity index (χ4v) is 4.67. The van der Waals surface area contributed by atoms with E-state index in [0.29, 0.717) is 55.0 Å². The largest absolute Gasteiger partial charge is 0.480 e. The highest BCUT2D eigenvalue weighted by Gasteiger charge is 2.36. The van der Waals surface area contributed by atoms with Crippen LogP contribution < -0.4 is 4.74 Å². The quantitative estimate of drug-likeness (QED) is 0.294. The molecule has 170 valence electrons. The Bertz CT molecular complexity index is 1480. The molecule has 2 N–H and O–H groups in total. The highest BCUT2D eigenvalue weighted by atomic mass is 35.5. The van der Waals surface area contributed by atoms with Crippen LogP contribution in [0.5, 0.6) is 5.88 Å². The zero-order valence-electron chi connectivity index (χ0n) is 18.5. The van der Waals surface area contributed by atoms with E-state index in [1.54, 1.807) is 37.6 Å². The summed E-state index contributed by atoms with van der Waals surface area (Å²) in [5.74, 6) is 1.13. The second kappa shape index (κ2) is 8.76. The van der Waals surface area contributed by atoms with Crippen molar-refractivity contribution in [1.82, 2.24) is 15.0 Å². The van der Waals surface area contributed by atoms with Gasteiger partial charge in [-0.05, 0) is 47.9 Å². The lowest BCUT2D eigenvalue weighted by atomic mass is 9.83. The minimum absolute atomic E-state index is 0.439. The van der Waals surface area contributed by atoms with Gasteiger partial charge in [0.05, 0.1) is 35.1 Å². The van der Waals surface area contributed by atoms with E-state index >= 15 is 0 Å². The topological polar surface area (TPSA) is 71.0 Å². The van der Waals surface area contributed by atoms with Gasteiger partial charge in [-0.25, -0.2) is 9.97 Å². The first kappa shape index (κ1) is 22.4. The maximum atomic E-state index is 12.2. The lowest BCUT2D eigenvalue weighted by molar-refractivity contribution is 0.121. The number of methoxy groups -OCH3 is 1. The van der Waals surface area contributed by atoms with Gasteiger partial charge in [-0.3, -0.25) is 0 Å². The Morgan fingerprint density at radius 1 is 0.941 bits per heavy atom. The molecular weight excluding hydrogens is 469 g/mol. The smallest absolute Gasteiger partial charge is 0.223 e. The molecule has 5 rings (SSSR count). The Morgan fingerprint density at radius 3 is 2.29 bits per heavy atom. The molecule has 1 unspecified atom stereocenters. The van der Waals surface area contributed by atoms with E-state index < -0.39 is 5.60 Å². The van der Waals surface area contributed by atoms with Crippen molar-refractivity contribution >= 4 is 34.1 Å². The van der Waals surface area contributed by atoms with Crippen LogP contribution in [0.1, 0.15) is 22.6 Å². The van der Waals surface area contributed by atoms with Crippen molar-refractivity contribution in [3.63, 3.8) is 0 Å². The second-order valence-corrected chi connectivity index (χ2v) is 8.82. The first-order valence-corrected chi connectivity index (χ1v) is 11.4. The highest BCUT2D eigenvalue weighted by molar-refractivity contribution is 6.38. The van der Waals surface area contributed by atoms with Gasteiger partial charge < -0.3 is 14.8 Å². The molecule has 0 fully saturated rings. The summed E-state index contributed by atoms with van der Waals surface area (Å²) in [7, 11) is 1.57. The zero-order chi connectivity index (χ0) is 23.9. The first-order chi connectivity index (χ1) is 16.4. The number of aliphatic hydroxyl groups is 1. The number of nitrogens with one attached hydrogen (secondary N) is 1. The number of fused-ring (bicyclic) bond motifs is 1. The van der Waals surface area contributed by atoms with Gasteiger partial charge in [-0.2, -0.15) is 0 Å². The molecule has 7 heteroatoms. The number of aromatic nitrogens is 3. The number of nitrogens with zero attached hydrogens (tertiary/aromatic N) is 2. The summed E-state index contributed by atoms with van der Waals surface area (Å²) < 4.78 is 5.57. The van der Waals surface area contributed by atoms with Crippen molar-refractivity contribution in [3.8, 4) is 17.0 Å². The van der Waals surface area contributed by atoms with Crippen LogP contribution in [0.3, 0.4) is 0 Å². The van der Waals surface area contributed by atoms with Gasteiger partial charge in [0.2, 0.25) is 5.88 Å². The summed E-state index contributed by atoms with van der Waals surface area (Å²) in [5.41, 5.74) is 2.51. The number of ether oxygens (including phenoxy) is 1. The Labute approximate surface area is 207 Å². The summed E-state index contributed by atoms with van der Waals surface area (Å²) in [5, 5.41) is 13.9. The third-order valence-corrected chi connectivity index (χ3v) is 6.56. The molecule has 0 aliphatic heterocycles. The van der Waals surface area contributed by atoms with Gasteiger partial charge in [0.15, 0.2) is 5.60 Å². The maximum Gasteiger partial charge on any atom is 0.223 e. The highest BCUT2D eigenvalue weighted by Crippen LogP contribution is 2.43. The van der Waals surface area contributed by atoms with Crippen LogP contribution in [0.15, 0.2) is 79.0 Å². The van der Waals surface area contributed by atoms with Crippen molar-refractivity contribution in [2.75, 3.05) is 7.11 Å². The summed E-state index contributed by atoms with van der Waals surface area (Å²) >= 11 is 13.1. The number of pyridine rings is 1. The third-order valence-electron chi connectivity index (χ3n) is 5.92. The summed E-state index contributed by atoms with van der Waals surface area (Å²) in [6.45, 7) is 1.84. The number of hydrogen-bond acceptors (Lipinski definition) is 4. The van der Waals surface area contributed by atoms with Gasteiger partial charge in [-0.15, -0.1) is 0 Å². The molecule has 3 aromatic carbocycles. The lowest BCUT2D eigenvalue weighted by Gasteiger charge is -2.29. The van der Waals surface area contributed by atoms with Crippen LogP contribution in [0.25, 0.3) is 22.0 Å². The van der Waals surface area contributed by atoms with Crippen molar-refractivity contribution in [2.45, 2.75) is 12.5 Å². The number of aryl methyl sites for hydroxylation is 1. The Balaban J connectivity index is 1.78. The molecule has 5 nitrogen and oxygen atoms in total. The van der Waals surface area contributed by atoms with E-state index in [1.807, 2.05) is 55.5 Å². The molecule has 0 aliphatic rings. The van der Waals surface area contributed by atoms with Crippen molar-refractivity contribution in [2.24, 2.45) is 0 Å². The minimum atomic E-state index is -1.52. The fraction of sp³-hybridized carbons (Fsp3) is 0.111. The predicted octanol–water partition coefficient (Wildman–Crippen LogP) is 6.53. The van der Waals surface area contributed by atoms with Crippen LogP contribution in [0.4, 0.5) is 0 Å². The number of benzene rings is 3. The third kappa shape index (κ3) is 3.72. The monoisotopic (exact) mass is 489 g/mol. The van der Waals surface area contributed by atoms with Crippen molar-refractivity contribution in [1.29, 1.82) is 0 Å². The summed E-state index contributed by atoms with van der Waals surface area (Å²) in [6.07, 6.45) is 1.64. The number of halogens is 2. The van der Waals surface area contributed by atoms with Crippen LogP contribution >= 0.6 is 23.2 Å². The molecule has 0 radical (unpaired) electrons. The number of hydrogen-bond donors (Lipinski definition) is 2. The molecule has 5 aromatic rings. The van der Waals surface area contributed by atoms with E-state index in [1.165, 1.54) is 0 Å². The average molecular weight is 490 g/mol. The van der Waals surface area contributed by atoms with Gasteiger partial charge in [0, 0.05) is 10.4 Å². The van der Waals surface area contributed by atoms with Crippen LogP contribution in [-0.2, 0) is 5.60 Å². The first-order valence-electron chi connectivity index (χ1n) is 10.7. The SMILES string of the molecule is COc1nc2ccc(C(O)(c3ccc(Cl)cc3)c3cnc(C)[nH]3)cc2c(Cl)c1-c1ccccc1. The van der Waals surface area contributed by atoms with Crippen molar-refractivity contribution < 1.29 is 9.84 Å². The standard InChI is InChI=1S/C27H21Cl2N3O2/c1-16-30-15-23(31-16)27(33,18-8-11-20(28)12-9-18)19-10-13-22-21(14-19)25(29)24(26(32-22)34-2)17-6-4-3-5-7-17/h3-15,33H,1-2H3,(H,30,31). The number of imidazole rings is 1. The molecule has 2 heterocycles. The Kier molecular flexibility index (Phi) is 5.78. The molecule has 0 spiro atoms. The molecule has 0 saturated heterocycles. The average Bonchev–Trinajstić information content (AvgIpc) is 3.31. The van der Waals surface area contributed by atoms with Crippen LogP contribution in [0, 0.1) is 6.92 Å². The van der Waals surface area contributed by atoms with Gasteiger partial charge in [0.1, 0.15) is 5.82 Å². The summed E-state index contributed by atoms with van der Waals surface area (Å²) in [6, 6.07) is 22.3.